The number of urea groups is 1. The van der Waals surface area contributed by atoms with Gasteiger partial charge >= 0.3 is 6.03 Å². The molecule has 2 saturated heterocycles. The highest BCUT2D eigenvalue weighted by Gasteiger charge is 2.51. The van der Waals surface area contributed by atoms with Gasteiger partial charge in [-0.05, 0) is 36.3 Å². The molecule has 0 saturated carbocycles. The Kier molecular flexibility index (Phi) is 3.14. The van der Waals surface area contributed by atoms with E-state index in [1.165, 1.54) is 11.1 Å². The van der Waals surface area contributed by atoms with E-state index in [1.807, 2.05) is 12.1 Å². The summed E-state index contributed by atoms with van der Waals surface area (Å²) >= 11 is 0. The van der Waals surface area contributed by atoms with Gasteiger partial charge < -0.3 is 10.2 Å². The largest absolute Gasteiger partial charge is 0.340 e. The lowest BCUT2D eigenvalue weighted by atomic mass is 9.97. The molecule has 3 aliphatic rings. The maximum absolute atomic E-state index is 12.6. The van der Waals surface area contributed by atoms with Gasteiger partial charge in [-0.25, -0.2) is 4.79 Å². The van der Waals surface area contributed by atoms with Crippen LogP contribution in [0.5, 0.6) is 0 Å². The van der Waals surface area contributed by atoms with Crippen LogP contribution in [0.3, 0.4) is 0 Å². The first kappa shape index (κ1) is 14.2. The minimum Gasteiger partial charge on any atom is -0.340 e. The second-order valence-corrected chi connectivity index (χ2v) is 6.69. The third-order valence-corrected chi connectivity index (χ3v) is 5.31. The van der Waals surface area contributed by atoms with Crippen LogP contribution in [0.25, 0.3) is 0 Å². The fraction of sp³-hybridized carbons (Fsp3) is 0.471. The first-order valence-electron chi connectivity index (χ1n) is 8.07. The number of nitrogens with zero attached hydrogens (tertiary/aromatic N) is 1. The van der Waals surface area contributed by atoms with E-state index in [2.05, 4.69) is 22.8 Å². The van der Waals surface area contributed by atoms with E-state index in [1.54, 1.807) is 4.90 Å². The maximum Gasteiger partial charge on any atom is 0.322 e. The molecule has 0 unspecified atom stereocenters. The summed E-state index contributed by atoms with van der Waals surface area (Å²) in [4.78, 5) is 37.6. The van der Waals surface area contributed by atoms with Crippen molar-refractivity contribution >= 4 is 17.8 Å². The van der Waals surface area contributed by atoms with Crippen molar-refractivity contribution in [2.24, 2.45) is 0 Å². The number of carbonyl (C=O) groups excluding carboxylic acids is 3. The summed E-state index contributed by atoms with van der Waals surface area (Å²) in [5.74, 6) is 0.0174. The molecule has 1 aromatic carbocycles. The predicted octanol–water partition coefficient (Wildman–Crippen LogP) is 0.917. The number of likely N-dealkylation sites (tertiary alicyclic amines) is 1. The minimum absolute atomic E-state index is 0.0672. The van der Waals surface area contributed by atoms with E-state index in [0.29, 0.717) is 19.4 Å². The standard InChI is InChI=1S/C17H19N3O3/c21-14(9-12-6-5-11-3-1-2-4-13(11)12)20-8-7-17(10-20)15(22)18-16(23)19-17/h1-4,12H,5-10H2,(H2,18,19,22,23)/t12-,17-/m0/s1. The van der Waals surface area contributed by atoms with Gasteiger partial charge in [-0.3, -0.25) is 14.9 Å². The minimum atomic E-state index is -0.916. The number of amides is 4. The zero-order chi connectivity index (χ0) is 16.0. The number of benzene rings is 1. The van der Waals surface area contributed by atoms with Crippen molar-refractivity contribution in [1.29, 1.82) is 0 Å². The third-order valence-electron chi connectivity index (χ3n) is 5.31. The van der Waals surface area contributed by atoms with Crippen LogP contribution in [0, 0.1) is 0 Å². The van der Waals surface area contributed by atoms with Gasteiger partial charge in [0.2, 0.25) is 5.91 Å². The molecule has 120 valence electrons. The first-order chi connectivity index (χ1) is 11.1. The van der Waals surface area contributed by atoms with Crippen LogP contribution < -0.4 is 10.6 Å². The lowest BCUT2D eigenvalue weighted by molar-refractivity contribution is -0.131. The lowest BCUT2D eigenvalue weighted by Crippen LogP contribution is -2.49. The molecule has 0 aromatic heterocycles. The van der Waals surface area contributed by atoms with Gasteiger partial charge in [-0.15, -0.1) is 0 Å². The van der Waals surface area contributed by atoms with Gasteiger partial charge in [0.15, 0.2) is 0 Å². The van der Waals surface area contributed by atoms with Gasteiger partial charge in [-0.1, -0.05) is 24.3 Å². The van der Waals surface area contributed by atoms with Gasteiger partial charge in [0.05, 0.1) is 6.54 Å². The Balaban J connectivity index is 1.43. The number of hydrogen-bond donors (Lipinski definition) is 2. The van der Waals surface area contributed by atoms with Crippen molar-refractivity contribution in [2.45, 2.75) is 37.1 Å². The molecule has 2 N–H and O–H groups in total. The number of carbonyl (C=O) groups is 3. The van der Waals surface area contributed by atoms with E-state index in [-0.39, 0.29) is 24.3 Å². The highest BCUT2D eigenvalue weighted by atomic mass is 16.2. The fourth-order valence-electron chi connectivity index (χ4n) is 4.04. The number of hydrogen-bond acceptors (Lipinski definition) is 3. The van der Waals surface area contributed by atoms with Crippen LogP contribution in [0.1, 0.15) is 36.3 Å². The zero-order valence-electron chi connectivity index (χ0n) is 12.8. The Morgan fingerprint density at radius 3 is 2.91 bits per heavy atom. The van der Waals surface area contributed by atoms with E-state index < -0.39 is 11.6 Å². The molecule has 1 aromatic rings. The van der Waals surface area contributed by atoms with Crippen molar-refractivity contribution in [3.8, 4) is 0 Å². The Morgan fingerprint density at radius 2 is 2.13 bits per heavy atom. The normalized spacial score (nSPS) is 28.9. The van der Waals surface area contributed by atoms with Gasteiger partial charge in [0, 0.05) is 13.0 Å². The molecule has 6 nitrogen and oxygen atoms in total. The van der Waals surface area contributed by atoms with Gasteiger partial charge in [0.1, 0.15) is 5.54 Å². The Morgan fingerprint density at radius 1 is 1.30 bits per heavy atom. The van der Waals surface area contributed by atoms with Crippen molar-refractivity contribution in [1.82, 2.24) is 15.5 Å². The molecule has 4 rings (SSSR count). The lowest BCUT2D eigenvalue weighted by Gasteiger charge is -2.22. The second kappa shape index (κ2) is 5.08. The average molecular weight is 313 g/mol. The Labute approximate surface area is 134 Å². The summed E-state index contributed by atoms with van der Waals surface area (Å²) < 4.78 is 0. The molecule has 0 radical (unpaired) electrons. The van der Waals surface area contributed by atoms with Crippen molar-refractivity contribution in [3.63, 3.8) is 0 Å². The SMILES string of the molecule is O=C1NC(=O)[C@@]2(CCN(C(=O)C[C@@H]3CCc4ccccc43)C2)N1. The molecule has 2 fully saturated rings. The molecule has 4 amide bonds. The van der Waals surface area contributed by atoms with Crippen LogP contribution in [0.4, 0.5) is 4.79 Å². The number of imide groups is 1. The van der Waals surface area contributed by atoms with E-state index in [0.717, 1.165) is 12.8 Å². The summed E-state index contributed by atoms with van der Waals surface area (Å²) in [6.45, 7) is 0.790. The summed E-state index contributed by atoms with van der Waals surface area (Å²) in [5, 5.41) is 4.95. The van der Waals surface area contributed by atoms with Crippen LogP contribution in [0.2, 0.25) is 0 Å². The molecule has 0 bridgehead atoms. The maximum atomic E-state index is 12.6. The monoisotopic (exact) mass is 313 g/mol. The highest BCUT2D eigenvalue weighted by Crippen LogP contribution is 2.36. The summed E-state index contributed by atoms with van der Waals surface area (Å²) in [7, 11) is 0. The smallest absolute Gasteiger partial charge is 0.322 e. The van der Waals surface area contributed by atoms with Crippen LogP contribution in [0.15, 0.2) is 24.3 Å². The van der Waals surface area contributed by atoms with E-state index >= 15 is 0 Å². The Hall–Kier alpha value is -2.37. The number of fused-ring (bicyclic) bond motifs is 1. The molecule has 6 heteroatoms. The predicted molar refractivity (Wildman–Crippen MR) is 82.7 cm³/mol. The quantitative estimate of drug-likeness (QED) is 0.797. The average Bonchev–Trinajstić information content (AvgIpc) is 3.20. The van der Waals surface area contributed by atoms with Crippen molar-refractivity contribution in [2.75, 3.05) is 13.1 Å². The van der Waals surface area contributed by atoms with E-state index in [4.69, 9.17) is 0 Å². The first-order valence-corrected chi connectivity index (χ1v) is 8.07. The summed E-state index contributed by atoms with van der Waals surface area (Å²) in [6.07, 6.45) is 2.98. The van der Waals surface area contributed by atoms with Crippen LogP contribution >= 0.6 is 0 Å². The third kappa shape index (κ3) is 2.29. The van der Waals surface area contributed by atoms with Crippen LogP contribution in [-0.4, -0.2) is 41.4 Å². The molecule has 2 heterocycles. The molecular weight excluding hydrogens is 294 g/mol. The van der Waals surface area contributed by atoms with Gasteiger partial charge in [0.25, 0.3) is 5.91 Å². The fourth-order valence-corrected chi connectivity index (χ4v) is 4.04. The number of aryl methyl sites for hydroxylation is 1. The Bertz CT molecular complexity index is 702. The van der Waals surface area contributed by atoms with Gasteiger partial charge in [-0.2, -0.15) is 0 Å². The second-order valence-electron chi connectivity index (χ2n) is 6.69. The summed E-state index contributed by atoms with van der Waals surface area (Å²) in [6, 6.07) is 7.83. The topological polar surface area (TPSA) is 78.5 Å². The molecule has 2 atom stereocenters. The number of rotatable bonds is 2. The molecule has 1 aliphatic carbocycles. The molecule has 1 spiro atoms. The van der Waals surface area contributed by atoms with Crippen molar-refractivity contribution in [3.05, 3.63) is 35.4 Å². The highest BCUT2D eigenvalue weighted by molar-refractivity contribution is 6.07. The molecule has 2 aliphatic heterocycles. The molecular formula is C17H19N3O3. The summed E-state index contributed by atoms with van der Waals surface area (Å²) in [5.41, 5.74) is 1.70. The molecule has 23 heavy (non-hydrogen) atoms. The van der Waals surface area contributed by atoms with Crippen molar-refractivity contribution < 1.29 is 14.4 Å². The zero-order valence-corrected chi connectivity index (χ0v) is 12.8. The van der Waals surface area contributed by atoms with Crippen LogP contribution in [-0.2, 0) is 16.0 Å². The number of nitrogens with one attached hydrogen (secondary N) is 2. The van der Waals surface area contributed by atoms with E-state index in [9.17, 15) is 14.4 Å².